The second-order valence-electron chi connectivity index (χ2n) is 5.12. The molecular formula is C15H24ClN5. The number of hydrogen-bond acceptors (Lipinski definition) is 2. The second-order valence-corrected chi connectivity index (χ2v) is 5.12. The van der Waals surface area contributed by atoms with Crippen LogP contribution < -0.4 is 16.8 Å². The minimum atomic E-state index is 0. The SMILES string of the molecule is Cl.NC(=NCc1ccccc1)NC(N)=NC1CCCCC1. The van der Waals surface area contributed by atoms with Crippen molar-refractivity contribution in [2.75, 3.05) is 0 Å². The zero-order valence-electron chi connectivity index (χ0n) is 12.2. The number of aliphatic imine (C=N–C) groups is 2. The van der Waals surface area contributed by atoms with Crippen LogP contribution in [0, 0.1) is 0 Å². The standard InChI is InChI=1S/C15H23N5.ClH/c16-14(18-11-12-7-3-1-4-8-12)20-15(17)19-13-9-5-2-6-10-13;/h1,3-4,7-8,13H,2,5-6,9-11H2,(H5,16,17,18,19,20);1H. The maximum absolute atomic E-state index is 5.85. The molecule has 5 nitrogen and oxygen atoms in total. The summed E-state index contributed by atoms with van der Waals surface area (Å²) in [7, 11) is 0. The maximum Gasteiger partial charge on any atom is 0.195 e. The van der Waals surface area contributed by atoms with Crippen LogP contribution in [0.15, 0.2) is 40.3 Å². The molecule has 0 atom stereocenters. The third kappa shape index (κ3) is 6.49. The van der Waals surface area contributed by atoms with E-state index in [1.54, 1.807) is 0 Å². The van der Waals surface area contributed by atoms with E-state index in [1.165, 1.54) is 19.3 Å². The lowest BCUT2D eigenvalue weighted by Gasteiger charge is -2.18. The van der Waals surface area contributed by atoms with Gasteiger partial charge in [-0.15, -0.1) is 12.4 Å². The highest BCUT2D eigenvalue weighted by Crippen LogP contribution is 2.19. The summed E-state index contributed by atoms with van der Waals surface area (Å²) in [4.78, 5) is 8.70. The molecule has 2 rings (SSSR count). The van der Waals surface area contributed by atoms with E-state index >= 15 is 0 Å². The first kappa shape index (κ1) is 17.3. The molecule has 1 aromatic rings. The fourth-order valence-corrected chi connectivity index (χ4v) is 2.37. The Morgan fingerprint density at radius 2 is 1.71 bits per heavy atom. The van der Waals surface area contributed by atoms with Gasteiger partial charge < -0.3 is 11.5 Å². The molecule has 1 aliphatic rings. The van der Waals surface area contributed by atoms with Gasteiger partial charge in [0.2, 0.25) is 0 Å². The quantitative estimate of drug-likeness (QED) is 0.590. The fraction of sp³-hybridized carbons (Fsp3) is 0.467. The summed E-state index contributed by atoms with van der Waals surface area (Å²) in [6.45, 7) is 0.538. The molecule has 6 heteroatoms. The van der Waals surface area contributed by atoms with Crippen molar-refractivity contribution in [3.8, 4) is 0 Å². The van der Waals surface area contributed by atoms with Crippen LogP contribution in [0.25, 0.3) is 0 Å². The zero-order chi connectivity index (χ0) is 14.2. The van der Waals surface area contributed by atoms with Crippen LogP contribution in [0.3, 0.4) is 0 Å². The number of rotatable bonds is 3. The van der Waals surface area contributed by atoms with Crippen LogP contribution in [0.5, 0.6) is 0 Å². The lowest BCUT2D eigenvalue weighted by Crippen LogP contribution is -2.42. The van der Waals surface area contributed by atoms with Crippen LogP contribution in [-0.2, 0) is 6.54 Å². The molecular weight excluding hydrogens is 286 g/mol. The Morgan fingerprint density at radius 3 is 2.38 bits per heavy atom. The molecule has 0 aliphatic heterocycles. The first-order chi connectivity index (χ1) is 9.74. The molecule has 0 heterocycles. The molecule has 0 spiro atoms. The number of hydrogen-bond donors (Lipinski definition) is 3. The van der Waals surface area contributed by atoms with E-state index in [2.05, 4.69) is 15.3 Å². The first-order valence-electron chi connectivity index (χ1n) is 7.18. The van der Waals surface area contributed by atoms with Crippen molar-refractivity contribution in [2.45, 2.75) is 44.7 Å². The van der Waals surface area contributed by atoms with E-state index in [-0.39, 0.29) is 12.4 Å². The minimum absolute atomic E-state index is 0. The summed E-state index contributed by atoms with van der Waals surface area (Å²) in [6, 6.07) is 10.3. The number of halogens is 1. The van der Waals surface area contributed by atoms with E-state index in [0.29, 0.717) is 24.5 Å². The van der Waals surface area contributed by atoms with E-state index in [1.807, 2.05) is 30.3 Å². The number of benzene rings is 1. The third-order valence-corrected chi connectivity index (χ3v) is 3.43. The summed E-state index contributed by atoms with van der Waals surface area (Å²) in [5.41, 5.74) is 12.8. The molecule has 1 fully saturated rings. The van der Waals surface area contributed by atoms with Gasteiger partial charge in [0, 0.05) is 0 Å². The molecule has 0 saturated heterocycles. The van der Waals surface area contributed by atoms with Gasteiger partial charge in [0.15, 0.2) is 11.9 Å². The first-order valence-corrected chi connectivity index (χ1v) is 7.18. The molecule has 0 radical (unpaired) electrons. The van der Waals surface area contributed by atoms with Gasteiger partial charge in [0.1, 0.15) is 0 Å². The van der Waals surface area contributed by atoms with Crippen molar-refractivity contribution in [1.82, 2.24) is 5.32 Å². The smallest absolute Gasteiger partial charge is 0.195 e. The van der Waals surface area contributed by atoms with Gasteiger partial charge in [-0.3, -0.25) is 5.32 Å². The average molecular weight is 310 g/mol. The van der Waals surface area contributed by atoms with Crippen LogP contribution in [0.1, 0.15) is 37.7 Å². The average Bonchev–Trinajstić information content (AvgIpc) is 2.47. The zero-order valence-corrected chi connectivity index (χ0v) is 13.0. The molecule has 1 saturated carbocycles. The molecule has 116 valence electrons. The lowest BCUT2D eigenvalue weighted by atomic mass is 9.96. The predicted molar refractivity (Wildman–Crippen MR) is 90.6 cm³/mol. The lowest BCUT2D eigenvalue weighted by molar-refractivity contribution is 0.442. The molecule has 1 aliphatic carbocycles. The Balaban J connectivity index is 0.00000220. The topological polar surface area (TPSA) is 88.8 Å². The van der Waals surface area contributed by atoms with Gasteiger partial charge in [0.05, 0.1) is 12.6 Å². The molecule has 0 bridgehead atoms. The molecule has 0 amide bonds. The second kappa shape index (κ2) is 9.23. The maximum atomic E-state index is 5.85. The number of nitrogens with one attached hydrogen (secondary N) is 1. The Hall–Kier alpha value is -1.75. The summed E-state index contributed by atoms with van der Waals surface area (Å²) >= 11 is 0. The largest absolute Gasteiger partial charge is 0.370 e. The van der Waals surface area contributed by atoms with Crippen LogP contribution in [-0.4, -0.2) is 18.0 Å². The van der Waals surface area contributed by atoms with E-state index in [9.17, 15) is 0 Å². The summed E-state index contributed by atoms with van der Waals surface area (Å²) in [6.07, 6.45) is 6.00. The Morgan fingerprint density at radius 1 is 1.05 bits per heavy atom. The van der Waals surface area contributed by atoms with Gasteiger partial charge in [-0.2, -0.15) is 0 Å². The van der Waals surface area contributed by atoms with Gasteiger partial charge in [-0.05, 0) is 18.4 Å². The van der Waals surface area contributed by atoms with Crippen LogP contribution >= 0.6 is 12.4 Å². The monoisotopic (exact) mass is 309 g/mol. The highest BCUT2D eigenvalue weighted by Gasteiger charge is 2.12. The normalized spacial score (nSPS) is 17.1. The molecule has 21 heavy (non-hydrogen) atoms. The number of nitrogens with zero attached hydrogens (tertiary/aromatic N) is 2. The molecule has 0 unspecified atom stereocenters. The fourth-order valence-electron chi connectivity index (χ4n) is 2.37. The summed E-state index contributed by atoms with van der Waals surface area (Å²) < 4.78 is 0. The van der Waals surface area contributed by atoms with Crippen molar-refractivity contribution >= 4 is 24.3 Å². The molecule has 0 aromatic heterocycles. The van der Waals surface area contributed by atoms with Gasteiger partial charge in [-0.1, -0.05) is 49.6 Å². The minimum Gasteiger partial charge on any atom is -0.370 e. The van der Waals surface area contributed by atoms with E-state index in [4.69, 9.17) is 11.5 Å². The van der Waals surface area contributed by atoms with E-state index in [0.717, 1.165) is 18.4 Å². The highest BCUT2D eigenvalue weighted by atomic mass is 35.5. The van der Waals surface area contributed by atoms with Crippen molar-refractivity contribution in [3.63, 3.8) is 0 Å². The predicted octanol–water partition coefficient (Wildman–Crippen LogP) is 2.16. The van der Waals surface area contributed by atoms with Gasteiger partial charge >= 0.3 is 0 Å². The Bertz CT molecular complexity index is 466. The van der Waals surface area contributed by atoms with Crippen molar-refractivity contribution in [1.29, 1.82) is 0 Å². The molecule has 5 N–H and O–H groups in total. The summed E-state index contributed by atoms with van der Waals surface area (Å²) in [5.74, 6) is 0.678. The third-order valence-electron chi connectivity index (χ3n) is 3.43. The van der Waals surface area contributed by atoms with Crippen molar-refractivity contribution in [3.05, 3.63) is 35.9 Å². The number of nitrogens with two attached hydrogens (primary N) is 2. The van der Waals surface area contributed by atoms with Gasteiger partial charge in [0.25, 0.3) is 0 Å². The van der Waals surface area contributed by atoms with Gasteiger partial charge in [-0.25, -0.2) is 9.98 Å². The van der Waals surface area contributed by atoms with Crippen LogP contribution in [0.4, 0.5) is 0 Å². The van der Waals surface area contributed by atoms with Crippen molar-refractivity contribution < 1.29 is 0 Å². The Labute approximate surface area is 132 Å². The van der Waals surface area contributed by atoms with Crippen molar-refractivity contribution in [2.24, 2.45) is 21.5 Å². The highest BCUT2D eigenvalue weighted by molar-refractivity contribution is 5.97. The summed E-state index contributed by atoms with van der Waals surface area (Å²) in [5, 5.41) is 2.85. The number of guanidine groups is 2. The Kier molecular flexibility index (Phi) is 7.61. The molecule has 1 aromatic carbocycles. The van der Waals surface area contributed by atoms with Crippen LogP contribution in [0.2, 0.25) is 0 Å². The van der Waals surface area contributed by atoms with E-state index < -0.39 is 0 Å².